The molecule has 0 aliphatic rings. The van der Waals surface area contributed by atoms with E-state index in [1.54, 1.807) is 31.4 Å². The van der Waals surface area contributed by atoms with Crippen molar-refractivity contribution < 1.29 is 14.6 Å². The summed E-state index contributed by atoms with van der Waals surface area (Å²) in [5.74, 6) is 1.22. The summed E-state index contributed by atoms with van der Waals surface area (Å²) >= 11 is 6.39. The van der Waals surface area contributed by atoms with Crippen LogP contribution in [0.3, 0.4) is 0 Å². The van der Waals surface area contributed by atoms with Crippen molar-refractivity contribution in [3.8, 4) is 5.75 Å². The predicted octanol–water partition coefficient (Wildman–Crippen LogP) is 4.37. The lowest BCUT2D eigenvalue weighted by atomic mass is 10.1. The maximum atomic E-state index is 10.5. The summed E-state index contributed by atoms with van der Waals surface area (Å²) in [5.41, 5.74) is 1.51. The maximum absolute atomic E-state index is 10.5. The summed E-state index contributed by atoms with van der Waals surface area (Å²) in [6.07, 6.45) is -0.950. The van der Waals surface area contributed by atoms with Crippen LogP contribution in [-0.4, -0.2) is 18.8 Å². The van der Waals surface area contributed by atoms with Gasteiger partial charge in [-0.15, -0.1) is 0 Å². The zero-order valence-corrected chi connectivity index (χ0v) is 13.4. The van der Waals surface area contributed by atoms with Crippen molar-refractivity contribution in [2.75, 3.05) is 13.7 Å². The van der Waals surface area contributed by atoms with Gasteiger partial charge in [-0.05, 0) is 24.6 Å². The van der Waals surface area contributed by atoms with E-state index in [4.69, 9.17) is 21.1 Å². The Morgan fingerprint density at radius 1 is 1.09 bits per heavy atom. The van der Waals surface area contributed by atoms with E-state index in [-0.39, 0.29) is 5.03 Å². The van der Waals surface area contributed by atoms with E-state index in [9.17, 15) is 5.11 Å². The van der Waals surface area contributed by atoms with Crippen LogP contribution in [0.25, 0.3) is 5.76 Å². The van der Waals surface area contributed by atoms with Crippen LogP contribution in [0.4, 0.5) is 0 Å². The predicted molar refractivity (Wildman–Crippen MR) is 88.8 cm³/mol. The van der Waals surface area contributed by atoms with Gasteiger partial charge in [-0.25, -0.2) is 0 Å². The molecular formula is C18H19ClO3. The average Bonchev–Trinajstić information content (AvgIpc) is 2.59. The second kappa shape index (κ2) is 7.87. The lowest BCUT2D eigenvalue weighted by Crippen LogP contribution is -2.03. The Labute approximate surface area is 135 Å². The number of benzene rings is 2. The molecule has 0 fully saturated rings. The Morgan fingerprint density at radius 3 is 2.27 bits per heavy atom. The molecule has 116 valence electrons. The minimum absolute atomic E-state index is 0.262. The molecule has 1 unspecified atom stereocenters. The fraction of sp³-hybridized carbons (Fsp3) is 0.222. The van der Waals surface area contributed by atoms with Crippen molar-refractivity contribution in [2.24, 2.45) is 0 Å². The van der Waals surface area contributed by atoms with Gasteiger partial charge in [0.1, 0.15) is 17.6 Å². The number of halogens is 1. The van der Waals surface area contributed by atoms with E-state index in [2.05, 4.69) is 0 Å². The molecular weight excluding hydrogens is 300 g/mol. The zero-order chi connectivity index (χ0) is 15.9. The van der Waals surface area contributed by atoms with Gasteiger partial charge in [-0.3, -0.25) is 0 Å². The highest BCUT2D eigenvalue weighted by Crippen LogP contribution is 2.33. The van der Waals surface area contributed by atoms with Gasteiger partial charge in [0.15, 0.2) is 0 Å². The van der Waals surface area contributed by atoms with Crippen LogP contribution in [0.2, 0.25) is 0 Å². The smallest absolute Gasteiger partial charge is 0.143 e. The summed E-state index contributed by atoms with van der Waals surface area (Å²) in [4.78, 5) is 0. The Hall–Kier alpha value is -1.97. The molecule has 0 saturated carbocycles. The summed E-state index contributed by atoms with van der Waals surface area (Å²) < 4.78 is 10.8. The number of ether oxygens (including phenoxy) is 2. The number of hydrogen-bond acceptors (Lipinski definition) is 3. The van der Waals surface area contributed by atoms with Gasteiger partial charge < -0.3 is 14.6 Å². The number of hydrogen-bond donors (Lipinski definition) is 1. The number of methoxy groups -OCH3 is 1. The van der Waals surface area contributed by atoms with Gasteiger partial charge in [-0.2, -0.15) is 0 Å². The van der Waals surface area contributed by atoms with Gasteiger partial charge in [0.05, 0.1) is 18.7 Å². The molecule has 22 heavy (non-hydrogen) atoms. The fourth-order valence-electron chi connectivity index (χ4n) is 2.08. The van der Waals surface area contributed by atoms with Crippen LogP contribution in [0.15, 0.2) is 59.6 Å². The molecule has 1 atom stereocenters. The Bertz CT molecular complexity index is 621. The largest absolute Gasteiger partial charge is 0.497 e. The molecule has 2 rings (SSSR count). The first kappa shape index (κ1) is 16.4. The van der Waals surface area contributed by atoms with E-state index in [1.807, 2.05) is 37.3 Å². The Morgan fingerprint density at radius 2 is 1.73 bits per heavy atom. The minimum Gasteiger partial charge on any atom is -0.497 e. The van der Waals surface area contributed by atoms with Gasteiger partial charge in [0.2, 0.25) is 0 Å². The van der Waals surface area contributed by atoms with Gasteiger partial charge in [-0.1, -0.05) is 54.1 Å². The molecule has 0 amide bonds. The molecule has 2 aromatic rings. The van der Waals surface area contributed by atoms with Crippen molar-refractivity contribution in [1.82, 2.24) is 0 Å². The Balaban J connectivity index is 2.36. The molecule has 4 heteroatoms. The topological polar surface area (TPSA) is 38.7 Å². The monoisotopic (exact) mass is 318 g/mol. The van der Waals surface area contributed by atoms with E-state index in [0.29, 0.717) is 17.9 Å². The maximum Gasteiger partial charge on any atom is 0.143 e. The summed E-state index contributed by atoms with van der Waals surface area (Å²) in [6, 6.07) is 16.6. The van der Waals surface area contributed by atoms with Crippen molar-refractivity contribution in [1.29, 1.82) is 0 Å². The van der Waals surface area contributed by atoms with Crippen molar-refractivity contribution in [3.63, 3.8) is 0 Å². The van der Waals surface area contributed by atoms with E-state index >= 15 is 0 Å². The van der Waals surface area contributed by atoms with Gasteiger partial charge in [0.25, 0.3) is 0 Å². The quantitative estimate of drug-likeness (QED) is 0.804. The lowest BCUT2D eigenvalue weighted by molar-refractivity contribution is 0.216. The fourth-order valence-corrected chi connectivity index (χ4v) is 2.37. The standard InChI is InChI=1S/C18H19ClO3/c1-3-22-18(14-7-5-4-6-8-14)16(19)17(20)13-9-11-15(21-2)12-10-13/h4-12,17,20H,3H2,1-2H3/b18-16+. The SMILES string of the molecule is CCO/C(=C(/Cl)C(O)c1ccc(OC)cc1)c1ccccc1. The third kappa shape index (κ3) is 3.81. The third-order valence-corrected chi connectivity index (χ3v) is 3.59. The van der Waals surface area contributed by atoms with Crippen LogP contribution >= 0.6 is 11.6 Å². The molecule has 0 spiro atoms. The summed E-state index contributed by atoms with van der Waals surface area (Å²) in [6.45, 7) is 2.35. The molecule has 3 nitrogen and oxygen atoms in total. The van der Waals surface area contributed by atoms with Crippen molar-refractivity contribution in [2.45, 2.75) is 13.0 Å². The molecule has 0 aromatic heterocycles. The van der Waals surface area contributed by atoms with Crippen LogP contribution in [-0.2, 0) is 4.74 Å². The number of aliphatic hydroxyl groups is 1. The molecule has 0 aliphatic heterocycles. The molecule has 1 N–H and O–H groups in total. The van der Waals surface area contributed by atoms with Gasteiger partial charge >= 0.3 is 0 Å². The molecule has 0 bridgehead atoms. The summed E-state index contributed by atoms with van der Waals surface area (Å²) in [7, 11) is 1.60. The van der Waals surface area contributed by atoms with E-state index in [0.717, 1.165) is 11.3 Å². The first-order valence-electron chi connectivity index (χ1n) is 7.07. The summed E-state index contributed by atoms with van der Waals surface area (Å²) in [5, 5.41) is 10.8. The minimum atomic E-state index is -0.950. The van der Waals surface area contributed by atoms with Crippen molar-refractivity contribution in [3.05, 3.63) is 70.8 Å². The lowest BCUT2D eigenvalue weighted by Gasteiger charge is -2.16. The Kier molecular flexibility index (Phi) is 5.87. The second-order valence-corrected chi connectivity index (χ2v) is 5.06. The first-order chi connectivity index (χ1) is 10.7. The number of rotatable bonds is 6. The van der Waals surface area contributed by atoms with E-state index in [1.165, 1.54) is 0 Å². The second-order valence-electron chi connectivity index (χ2n) is 4.65. The van der Waals surface area contributed by atoms with Crippen LogP contribution in [0.1, 0.15) is 24.2 Å². The first-order valence-corrected chi connectivity index (χ1v) is 7.45. The highest BCUT2D eigenvalue weighted by Gasteiger charge is 2.18. The molecule has 0 aliphatic carbocycles. The number of aliphatic hydroxyl groups excluding tert-OH is 1. The van der Waals surface area contributed by atoms with Gasteiger partial charge in [0, 0.05) is 5.56 Å². The average molecular weight is 319 g/mol. The molecule has 0 radical (unpaired) electrons. The third-order valence-electron chi connectivity index (χ3n) is 3.21. The molecule has 2 aromatic carbocycles. The van der Waals surface area contributed by atoms with E-state index < -0.39 is 6.10 Å². The van der Waals surface area contributed by atoms with Crippen LogP contribution in [0, 0.1) is 0 Å². The van der Waals surface area contributed by atoms with Crippen LogP contribution in [0.5, 0.6) is 5.75 Å². The molecule has 0 heterocycles. The van der Waals surface area contributed by atoms with Crippen molar-refractivity contribution >= 4 is 17.4 Å². The zero-order valence-electron chi connectivity index (χ0n) is 12.6. The molecule has 0 saturated heterocycles. The highest BCUT2D eigenvalue weighted by molar-refractivity contribution is 6.32. The highest BCUT2D eigenvalue weighted by atomic mass is 35.5. The van der Waals surface area contributed by atoms with Crippen LogP contribution < -0.4 is 4.74 Å². The normalized spacial score (nSPS) is 13.3.